The number of guanidine groups is 1. The van der Waals surface area contributed by atoms with Crippen molar-refractivity contribution in [2.45, 2.75) is 31.7 Å². The van der Waals surface area contributed by atoms with Gasteiger partial charge >= 0.3 is 0 Å². The van der Waals surface area contributed by atoms with Crippen molar-refractivity contribution < 1.29 is 8.42 Å². The lowest BCUT2D eigenvalue weighted by molar-refractivity contribution is 0.592. The molecule has 26 heavy (non-hydrogen) atoms. The summed E-state index contributed by atoms with van der Waals surface area (Å²) in [7, 11) is -1.52. The molecule has 0 fully saturated rings. The van der Waals surface area contributed by atoms with E-state index < -0.39 is 9.84 Å². The van der Waals surface area contributed by atoms with Crippen molar-refractivity contribution in [3.63, 3.8) is 0 Å². The molecule has 0 aliphatic carbocycles. The maximum Gasteiger partial charge on any atom is 0.191 e. The van der Waals surface area contributed by atoms with Gasteiger partial charge < -0.3 is 10.6 Å². The highest BCUT2D eigenvalue weighted by Crippen LogP contribution is 2.11. The van der Waals surface area contributed by atoms with E-state index in [-0.39, 0.29) is 5.75 Å². The third kappa shape index (κ3) is 5.88. The van der Waals surface area contributed by atoms with Crippen LogP contribution in [0.15, 0.2) is 58.4 Å². The fourth-order valence-electron chi connectivity index (χ4n) is 2.66. The molecule has 2 rings (SSSR count). The zero-order valence-electron chi connectivity index (χ0n) is 15.6. The number of sulfone groups is 1. The molecular weight excluding hydrogens is 346 g/mol. The first-order valence-electron chi connectivity index (χ1n) is 8.71. The van der Waals surface area contributed by atoms with Gasteiger partial charge in [-0.15, -0.1) is 0 Å². The van der Waals surface area contributed by atoms with Gasteiger partial charge in [0, 0.05) is 20.1 Å². The minimum absolute atomic E-state index is 0.109. The van der Waals surface area contributed by atoms with Crippen molar-refractivity contribution >= 4 is 15.8 Å². The van der Waals surface area contributed by atoms with Gasteiger partial charge in [0.15, 0.2) is 15.8 Å². The van der Waals surface area contributed by atoms with Crippen LogP contribution in [0.2, 0.25) is 0 Å². The summed E-state index contributed by atoms with van der Waals surface area (Å²) in [6.45, 7) is 5.38. The number of aryl methyl sites for hydroxylation is 2. The molecule has 0 heterocycles. The molecule has 2 aromatic carbocycles. The van der Waals surface area contributed by atoms with E-state index in [1.54, 1.807) is 31.3 Å². The lowest BCUT2D eigenvalue weighted by Crippen LogP contribution is -2.37. The topological polar surface area (TPSA) is 70.6 Å². The zero-order valence-corrected chi connectivity index (χ0v) is 16.4. The molecule has 0 spiro atoms. The van der Waals surface area contributed by atoms with Crippen LogP contribution >= 0.6 is 0 Å². The Kier molecular flexibility index (Phi) is 7.21. The highest BCUT2D eigenvalue weighted by Gasteiger charge is 2.13. The molecule has 0 bridgehead atoms. The smallest absolute Gasteiger partial charge is 0.191 e. The Labute approximate surface area is 156 Å². The average molecular weight is 374 g/mol. The van der Waals surface area contributed by atoms with Crippen LogP contribution < -0.4 is 10.6 Å². The molecule has 140 valence electrons. The van der Waals surface area contributed by atoms with E-state index in [1.165, 1.54) is 16.7 Å². The molecule has 2 aromatic rings. The maximum atomic E-state index is 12.2. The number of rotatable bonds is 7. The van der Waals surface area contributed by atoms with E-state index in [4.69, 9.17) is 0 Å². The molecule has 0 radical (unpaired) electrons. The van der Waals surface area contributed by atoms with Crippen LogP contribution in [0.3, 0.4) is 0 Å². The quantitative estimate of drug-likeness (QED) is 0.445. The second kappa shape index (κ2) is 9.38. The van der Waals surface area contributed by atoms with Gasteiger partial charge in [-0.25, -0.2) is 8.42 Å². The van der Waals surface area contributed by atoms with Gasteiger partial charge in [-0.2, -0.15) is 0 Å². The largest absolute Gasteiger partial charge is 0.356 e. The van der Waals surface area contributed by atoms with E-state index in [9.17, 15) is 8.42 Å². The second-order valence-electron chi connectivity index (χ2n) is 6.27. The van der Waals surface area contributed by atoms with Crippen molar-refractivity contribution in [1.29, 1.82) is 0 Å². The minimum Gasteiger partial charge on any atom is -0.356 e. The summed E-state index contributed by atoms with van der Waals surface area (Å²) in [5.74, 6) is 0.778. The summed E-state index contributed by atoms with van der Waals surface area (Å²) in [6.07, 6.45) is 0.515. The molecule has 0 unspecified atom stereocenters. The van der Waals surface area contributed by atoms with Gasteiger partial charge in [0.2, 0.25) is 0 Å². The van der Waals surface area contributed by atoms with E-state index in [0.29, 0.717) is 30.4 Å². The number of benzene rings is 2. The van der Waals surface area contributed by atoms with Crippen molar-refractivity contribution in [2.24, 2.45) is 4.99 Å². The van der Waals surface area contributed by atoms with Crippen molar-refractivity contribution in [3.8, 4) is 0 Å². The highest BCUT2D eigenvalue weighted by atomic mass is 32.2. The Hall–Kier alpha value is -2.34. The molecule has 0 atom stereocenters. The third-order valence-corrected chi connectivity index (χ3v) is 5.97. The fraction of sp³-hybridized carbons (Fsp3) is 0.350. The first-order chi connectivity index (χ1) is 12.4. The number of hydrogen-bond acceptors (Lipinski definition) is 3. The summed E-state index contributed by atoms with van der Waals surface area (Å²) in [5, 5.41) is 6.43. The number of aliphatic imine (C=N–C) groups is 1. The fourth-order valence-corrected chi connectivity index (χ4v) is 3.99. The van der Waals surface area contributed by atoms with Crippen LogP contribution in [-0.4, -0.2) is 33.7 Å². The monoisotopic (exact) mass is 373 g/mol. The highest BCUT2D eigenvalue weighted by molar-refractivity contribution is 7.91. The van der Waals surface area contributed by atoms with Crippen molar-refractivity contribution in [3.05, 3.63) is 65.2 Å². The molecule has 0 aliphatic heterocycles. The minimum atomic E-state index is -3.23. The van der Waals surface area contributed by atoms with Crippen LogP contribution in [0, 0.1) is 13.8 Å². The predicted molar refractivity (Wildman–Crippen MR) is 107 cm³/mol. The Morgan fingerprint density at radius 1 is 1.04 bits per heavy atom. The van der Waals surface area contributed by atoms with Gasteiger partial charge in [-0.3, -0.25) is 4.99 Å². The molecule has 5 nitrogen and oxygen atoms in total. The van der Waals surface area contributed by atoms with Crippen LogP contribution in [0.25, 0.3) is 0 Å². The predicted octanol–water partition coefficient (Wildman–Crippen LogP) is 2.83. The Balaban J connectivity index is 1.79. The van der Waals surface area contributed by atoms with Crippen LogP contribution in [-0.2, 0) is 16.4 Å². The molecule has 0 saturated carbocycles. The summed E-state index contributed by atoms with van der Waals surface area (Å²) in [6, 6.07) is 14.9. The van der Waals surface area contributed by atoms with Crippen molar-refractivity contribution in [1.82, 2.24) is 10.6 Å². The molecule has 6 heteroatoms. The van der Waals surface area contributed by atoms with E-state index in [1.807, 2.05) is 6.07 Å². The lowest BCUT2D eigenvalue weighted by Gasteiger charge is -2.13. The number of hydrogen-bond donors (Lipinski definition) is 2. The van der Waals surface area contributed by atoms with Gasteiger partial charge in [0.25, 0.3) is 0 Å². The number of nitrogens with one attached hydrogen (secondary N) is 2. The molecule has 0 amide bonds. The summed E-state index contributed by atoms with van der Waals surface area (Å²) >= 11 is 0. The molecule has 0 aromatic heterocycles. The second-order valence-corrected chi connectivity index (χ2v) is 8.38. The van der Waals surface area contributed by atoms with Gasteiger partial charge in [-0.05, 0) is 43.5 Å². The van der Waals surface area contributed by atoms with E-state index >= 15 is 0 Å². The van der Waals surface area contributed by atoms with Crippen LogP contribution in [0.5, 0.6) is 0 Å². The Morgan fingerprint density at radius 3 is 2.42 bits per heavy atom. The third-order valence-electron chi connectivity index (χ3n) is 4.15. The zero-order chi connectivity index (χ0) is 19.0. The first kappa shape index (κ1) is 20.0. The van der Waals surface area contributed by atoms with Crippen LogP contribution in [0.4, 0.5) is 0 Å². The first-order valence-corrected chi connectivity index (χ1v) is 10.4. The van der Waals surface area contributed by atoms with Crippen LogP contribution in [0.1, 0.15) is 23.1 Å². The van der Waals surface area contributed by atoms with Crippen molar-refractivity contribution in [2.75, 3.05) is 19.3 Å². The Morgan fingerprint density at radius 2 is 1.77 bits per heavy atom. The van der Waals surface area contributed by atoms with E-state index in [2.05, 4.69) is 47.7 Å². The Bertz CT molecular complexity index is 847. The molecule has 2 N–H and O–H groups in total. The van der Waals surface area contributed by atoms with Gasteiger partial charge in [0.05, 0.1) is 10.6 Å². The SMILES string of the molecule is CN=C(NCCCS(=O)(=O)c1ccccc1)NCc1ccc(C)cc1C. The lowest BCUT2D eigenvalue weighted by atomic mass is 10.1. The molecule has 0 aliphatic rings. The summed E-state index contributed by atoms with van der Waals surface area (Å²) in [5.41, 5.74) is 3.69. The van der Waals surface area contributed by atoms with E-state index in [0.717, 1.165) is 0 Å². The summed E-state index contributed by atoms with van der Waals surface area (Å²) in [4.78, 5) is 4.56. The maximum absolute atomic E-state index is 12.2. The van der Waals surface area contributed by atoms with Gasteiger partial charge in [-0.1, -0.05) is 42.0 Å². The normalized spacial score (nSPS) is 12.0. The molecular formula is C20H27N3O2S. The average Bonchev–Trinajstić information content (AvgIpc) is 2.63. The standard InChI is InChI=1S/C20H27N3O2S/c1-16-10-11-18(17(2)14-16)15-23-20(21-3)22-12-7-13-26(24,25)19-8-5-4-6-9-19/h4-6,8-11,14H,7,12-13,15H2,1-3H3,(H2,21,22,23). The number of nitrogens with zero attached hydrogens (tertiary/aromatic N) is 1. The molecule has 0 saturated heterocycles. The van der Waals surface area contributed by atoms with Gasteiger partial charge in [0.1, 0.15) is 0 Å². The summed E-state index contributed by atoms with van der Waals surface area (Å²) < 4.78 is 24.5.